The lowest BCUT2D eigenvalue weighted by molar-refractivity contribution is 0.586. The Labute approximate surface area is 75.0 Å². The van der Waals surface area contributed by atoms with Gasteiger partial charge in [-0.2, -0.15) is 22.4 Å². The molecule has 1 unspecified atom stereocenters. The molecule has 0 radical (unpaired) electrons. The van der Waals surface area contributed by atoms with Crippen molar-refractivity contribution < 1.29 is 8.42 Å². The van der Waals surface area contributed by atoms with Gasteiger partial charge in [0.1, 0.15) is 22.4 Å². The maximum atomic E-state index is 10.8. The first-order chi connectivity index (χ1) is 5.61. The monoisotopic (exact) mass is 209 g/mol. The largest absolute Gasteiger partial charge is 0.344 e. The van der Waals surface area contributed by atoms with Gasteiger partial charge in [0.25, 0.3) is 0 Å². The van der Waals surface area contributed by atoms with Crippen molar-refractivity contribution in [2.45, 2.75) is 5.37 Å². The van der Waals surface area contributed by atoms with Gasteiger partial charge in [-0.1, -0.05) is 0 Å². The SMILES string of the molecule is O=c1[nH]cnn1C(S)C[SH](=O)=O. The summed E-state index contributed by atoms with van der Waals surface area (Å²) in [5.74, 6) is -0.205. The number of nitrogens with zero attached hydrogens (tertiary/aromatic N) is 2. The fourth-order valence-electron chi connectivity index (χ4n) is 0.688. The Morgan fingerprint density at radius 1 is 1.75 bits per heavy atom. The molecule has 68 valence electrons. The van der Waals surface area contributed by atoms with Gasteiger partial charge in [-0.25, -0.2) is 13.2 Å². The molecule has 1 aromatic heterocycles. The summed E-state index contributed by atoms with van der Waals surface area (Å²) in [7, 11) is -2.55. The van der Waals surface area contributed by atoms with Gasteiger partial charge in [0.2, 0.25) is 0 Å². The molecule has 0 amide bonds. The molecule has 0 aliphatic heterocycles. The highest BCUT2D eigenvalue weighted by molar-refractivity contribution is 7.82. The molecule has 6 nitrogen and oxygen atoms in total. The second kappa shape index (κ2) is 3.76. The molecule has 0 aromatic carbocycles. The van der Waals surface area contributed by atoms with Crippen LogP contribution in [0.2, 0.25) is 0 Å². The van der Waals surface area contributed by atoms with Gasteiger partial charge in [-0.15, -0.1) is 0 Å². The molecule has 1 rings (SSSR count). The zero-order valence-corrected chi connectivity index (χ0v) is 7.66. The van der Waals surface area contributed by atoms with Crippen LogP contribution < -0.4 is 5.69 Å². The second-order valence-corrected chi connectivity index (χ2v) is 3.66. The van der Waals surface area contributed by atoms with Gasteiger partial charge in [0.05, 0.1) is 5.75 Å². The molecular weight excluding hydrogens is 202 g/mol. The molecule has 1 heterocycles. The summed E-state index contributed by atoms with van der Waals surface area (Å²) in [6.07, 6.45) is 1.18. The molecule has 1 N–H and O–H groups in total. The van der Waals surface area contributed by atoms with E-state index in [0.29, 0.717) is 0 Å². The molecule has 0 aliphatic carbocycles. The van der Waals surface area contributed by atoms with Crippen LogP contribution in [-0.2, 0) is 10.7 Å². The van der Waals surface area contributed by atoms with Crippen molar-refractivity contribution in [2.24, 2.45) is 0 Å². The van der Waals surface area contributed by atoms with Gasteiger partial charge < -0.3 is 0 Å². The number of aromatic amines is 1. The molecule has 0 saturated carbocycles. The van der Waals surface area contributed by atoms with Crippen LogP contribution in [-0.4, -0.2) is 28.9 Å². The summed E-state index contributed by atoms with van der Waals surface area (Å²) >= 11 is 3.89. The number of hydrogen-bond donors (Lipinski definition) is 3. The van der Waals surface area contributed by atoms with Crippen LogP contribution in [0.4, 0.5) is 0 Å². The van der Waals surface area contributed by atoms with E-state index in [9.17, 15) is 13.2 Å². The predicted octanol–water partition coefficient (Wildman–Crippen LogP) is -1.39. The van der Waals surface area contributed by atoms with E-state index in [4.69, 9.17) is 0 Å². The number of rotatable bonds is 3. The minimum Gasteiger partial charge on any atom is -0.295 e. The van der Waals surface area contributed by atoms with Crippen molar-refractivity contribution in [3.05, 3.63) is 16.8 Å². The number of nitrogens with one attached hydrogen (secondary N) is 1. The smallest absolute Gasteiger partial charge is 0.295 e. The summed E-state index contributed by atoms with van der Waals surface area (Å²) in [4.78, 5) is 13.1. The molecule has 0 fully saturated rings. The van der Waals surface area contributed by atoms with E-state index in [1.807, 2.05) is 0 Å². The van der Waals surface area contributed by atoms with Crippen LogP contribution in [0.15, 0.2) is 11.1 Å². The van der Waals surface area contributed by atoms with Gasteiger partial charge in [0, 0.05) is 0 Å². The number of aromatic nitrogens is 3. The number of hydrogen-bond acceptors (Lipinski definition) is 5. The van der Waals surface area contributed by atoms with E-state index in [0.717, 1.165) is 4.68 Å². The van der Waals surface area contributed by atoms with E-state index >= 15 is 0 Å². The van der Waals surface area contributed by atoms with E-state index in [-0.39, 0.29) is 5.75 Å². The van der Waals surface area contributed by atoms with E-state index in [1.165, 1.54) is 6.33 Å². The van der Waals surface area contributed by atoms with Crippen LogP contribution in [0.3, 0.4) is 0 Å². The third-order valence-electron chi connectivity index (χ3n) is 1.17. The standard InChI is InChI=1S/C4H7N3O3S2/c8-4-5-2-6-7(4)3(11)1-12(9)10/h2-3,11-12H,1H2,(H,5,6,8). The summed E-state index contributed by atoms with van der Waals surface area (Å²) in [5.41, 5.74) is -0.466. The fraction of sp³-hybridized carbons (Fsp3) is 0.500. The van der Waals surface area contributed by atoms with Crippen molar-refractivity contribution >= 4 is 23.3 Å². The zero-order valence-electron chi connectivity index (χ0n) is 5.88. The molecule has 8 heteroatoms. The highest BCUT2D eigenvalue weighted by atomic mass is 32.2. The Morgan fingerprint density at radius 3 is 2.83 bits per heavy atom. The van der Waals surface area contributed by atoms with Crippen LogP contribution in [0, 0.1) is 0 Å². The molecule has 0 bridgehead atoms. The molecule has 0 spiro atoms. The average molecular weight is 209 g/mol. The summed E-state index contributed by atoms with van der Waals surface area (Å²) in [6.45, 7) is 0. The molecule has 0 aliphatic rings. The van der Waals surface area contributed by atoms with Crippen molar-refractivity contribution in [3.63, 3.8) is 0 Å². The Balaban J connectivity index is 2.85. The Kier molecular flexibility index (Phi) is 2.93. The topological polar surface area (TPSA) is 84.8 Å². The predicted molar refractivity (Wildman–Crippen MR) is 46.1 cm³/mol. The minimum absolute atomic E-state index is 0.205. The normalized spacial score (nSPS) is 13.5. The van der Waals surface area contributed by atoms with E-state index in [1.54, 1.807) is 0 Å². The van der Waals surface area contributed by atoms with Crippen LogP contribution >= 0.6 is 12.6 Å². The molecular formula is C4H7N3O3S2. The van der Waals surface area contributed by atoms with Gasteiger partial charge >= 0.3 is 5.69 Å². The lowest BCUT2D eigenvalue weighted by Crippen LogP contribution is -2.23. The molecule has 12 heavy (non-hydrogen) atoms. The maximum Gasteiger partial charge on any atom is 0.344 e. The highest BCUT2D eigenvalue weighted by Crippen LogP contribution is 2.05. The van der Waals surface area contributed by atoms with Crippen LogP contribution in [0.25, 0.3) is 0 Å². The van der Waals surface area contributed by atoms with Crippen molar-refractivity contribution in [1.29, 1.82) is 0 Å². The molecule has 1 atom stereocenters. The summed E-state index contributed by atoms with van der Waals surface area (Å²) < 4.78 is 21.5. The second-order valence-electron chi connectivity index (χ2n) is 2.03. The lowest BCUT2D eigenvalue weighted by atomic mass is 10.7. The number of thiol groups is 2. The lowest BCUT2D eigenvalue weighted by Gasteiger charge is -2.03. The summed E-state index contributed by atoms with van der Waals surface area (Å²) in [5, 5.41) is 2.86. The van der Waals surface area contributed by atoms with Gasteiger partial charge in [-0.05, 0) is 0 Å². The van der Waals surface area contributed by atoms with Crippen molar-refractivity contribution in [2.75, 3.05) is 5.75 Å². The quantitative estimate of drug-likeness (QED) is 0.535. The Morgan fingerprint density at radius 2 is 2.42 bits per heavy atom. The van der Waals surface area contributed by atoms with E-state index in [2.05, 4.69) is 22.7 Å². The average Bonchev–Trinajstić information content (AvgIpc) is 2.33. The Hall–Kier alpha value is -0.760. The molecule has 0 saturated heterocycles. The maximum absolute atomic E-state index is 10.8. The summed E-state index contributed by atoms with van der Waals surface area (Å²) in [6, 6.07) is 0. The number of H-pyrrole nitrogens is 1. The van der Waals surface area contributed by atoms with Gasteiger partial charge in [-0.3, -0.25) is 4.98 Å². The fourth-order valence-corrected chi connectivity index (χ4v) is 1.67. The van der Waals surface area contributed by atoms with E-state index < -0.39 is 21.8 Å². The third kappa shape index (κ3) is 2.11. The molecule has 1 aromatic rings. The zero-order chi connectivity index (χ0) is 9.14. The first kappa shape index (κ1) is 9.33. The highest BCUT2D eigenvalue weighted by Gasteiger charge is 2.09. The minimum atomic E-state index is -2.55. The van der Waals surface area contributed by atoms with Crippen LogP contribution in [0.5, 0.6) is 0 Å². The van der Waals surface area contributed by atoms with Crippen molar-refractivity contribution in [1.82, 2.24) is 14.8 Å². The van der Waals surface area contributed by atoms with Crippen LogP contribution in [0.1, 0.15) is 5.37 Å². The first-order valence-corrected chi connectivity index (χ1v) is 4.91. The first-order valence-electron chi connectivity index (χ1n) is 3.03. The third-order valence-corrected chi connectivity index (χ3v) is 2.51. The van der Waals surface area contributed by atoms with Gasteiger partial charge in [0.15, 0.2) is 0 Å². The Bertz CT molecular complexity index is 371. The van der Waals surface area contributed by atoms with Crippen molar-refractivity contribution in [3.8, 4) is 0 Å².